The molecule has 0 amide bonds. The second-order valence-corrected chi connectivity index (χ2v) is 4.60. The highest BCUT2D eigenvalue weighted by atomic mass is 32.2. The number of carbonyl (C=O) groups is 1. The van der Waals surface area contributed by atoms with Gasteiger partial charge in [0.05, 0.1) is 18.9 Å². The first-order valence-electron chi connectivity index (χ1n) is 5.16. The number of pyridine rings is 1. The molecule has 0 radical (unpaired) electrons. The van der Waals surface area contributed by atoms with Crippen LogP contribution in [-0.2, 0) is 4.74 Å². The molecule has 0 aliphatic heterocycles. The number of nitrogens with zero attached hydrogens (tertiary/aromatic N) is 1. The highest BCUT2D eigenvalue weighted by molar-refractivity contribution is 7.99. The average molecular weight is 263 g/mol. The SMILES string of the molecule is COC(=O)c1ccc(Sc2cncc(F)c2)cc1. The molecule has 0 unspecified atom stereocenters. The number of halogens is 1. The van der Waals surface area contributed by atoms with Gasteiger partial charge in [0.2, 0.25) is 0 Å². The number of aromatic nitrogens is 1. The molecule has 1 aromatic carbocycles. The highest BCUT2D eigenvalue weighted by Gasteiger charge is 2.05. The molecule has 0 saturated carbocycles. The molecule has 0 N–H and O–H groups in total. The molecule has 2 aromatic rings. The summed E-state index contributed by atoms with van der Waals surface area (Å²) in [6, 6.07) is 8.30. The Morgan fingerprint density at radius 1 is 1.22 bits per heavy atom. The van der Waals surface area contributed by atoms with Gasteiger partial charge >= 0.3 is 5.97 Å². The minimum Gasteiger partial charge on any atom is -0.465 e. The van der Waals surface area contributed by atoms with Gasteiger partial charge in [0.25, 0.3) is 0 Å². The second-order valence-electron chi connectivity index (χ2n) is 3.46. The lowest BCUT2D eigenvalue weighted by atomic mass is 10.2. The van der Waals surface area contributed by atoms with Crippen LogP contribution < -0.4 is 0 Å². The first kappa shape index (κ1) is 12.6. The Morgan fingerprint density at radius 3 is 2.56 bits per heavy atom. The lowest BCUT2D eigenvalue weighted by molar-refractivity contribution is 0.0600. The van der Waals surface area contributed by atoms with Crippen LogP contribution in [0.1, 0.15) is 10.4 Å². The molecule has 5 heteroatoms. The van der Waals surface area contributed by atoms with Gasteiger partial charge < -0.3 is 4.74 Å². The summed E-state index contributed by atoms with van der Waals surface area (Å²) in [4.78, 5) is 16.6. The van der Waals surface area contributed by atoms with E-state index < -0.39 is 0 Å². The standard InChI is InChI=1S/C13H10FNO2S/c1-17-13(16)9-2-4-11(5-3-9)18-12-6-10(14)7-15-8-12/h2-8H,1H3. The fourth-order valence-electron chi connectivity index (χ4n) is 1.36. The first-order chi connectivity index (χ1) is 8.69. The Kier molecular flexibility index (Phi) is 3.94. The van der Waals surface area contributed by atoms with Gasteiger partial charge in [0.15, 0.2) is 0 Å². The zero-order valence-electron chi connectivity index (χ0n) is 9.59. The third kappa shape index (κ3) is 3.07. The number of rotatable bonds is 3. The van der Waals surface area contributed by atoms with Crippen molar-refractivity contribution >= 4 is 17.7 Å². The number of ether oxygens (including phenoxy) is 1. The van der Waals surface area contributed by atoms with Crippen LogP contribution >= 0.6 is 11.8 Å². The van der Waals surface area contributed by atoms with Crippen LogP contribution in [0, 0.1) is 5.82 Å². The molecule has 0 bridgehead atoms. The molecule has 0 atom stereocenters. The fraction of sp³-hybridized carbons (Fsp3) is 0.0769. The molecule has 92 valence electrons. The summed E-state index contributed by atoms with van der Waals surface area (Å²) in [6.45, 7) is 0. The van der Waals surface area contributed by atoms with E-state index >= 15 is 0 Å². The Balaban J connectivity index is 2.13. The van der Waals surface area contributed by atoms with Crippen molar-refractivity contribution in [2.75, 3.05) is 7.11 Å². The van der Waals surface area contributed by atoms with Crippen molar-refractivity contribution in [3.63, 3.8) is 0 Å². The Morgan fingerprint density at radius 2 is 1.94 bits per heavy atom. The number of carbonyl (C=O) groups excluding carboxylic acids is 1. The number of methoxy groups -OCH3 is 1. The van der Waals surface area contributed by atoms with E-state index in [-0.39, 0.29) is 11.8 Å². The minimum absolute atomic E-state index is 0.369. The van der Waals surface area contributed by atoms with E-state index in [0.717, 1.165) is 11.1 Å². The third-order valence-electron chi connectivity index (χ3n) is 2.19. The molecule has 1 aromatic heterocycles. The lowest BCUT2D eigenvalue weighted by Gasteiger charge is -2.03. The Labute approximate surface area is 108 Å². The zero-order valence-corrected chi connectivity index (χ0v) is 10.4. The van der Waals surface area contributed by atoms with Crippen LogP contribution in [0.2, 0.25) is 0 Å². The first-order valence-corrected chi connectivity index (χ1v) is 5.97. The maximum absolute atomic E-state index is 12.9. The van der Waals surface area contributed by atoms with Gasteiger partial charge in [-0.15, -0.1) is 0 Å². The summed E-state index contributed by atoms with van der Waals surface area (Å²) in [6.07, 6.45) is 2.74. The Hall–Kier alpha value is -1.88. The summed E-state index contributed by atoms with van der Waals surface area (Å²) in [5, 5.41) is 0. The summed E-state index contributed by atoms with van der Waals surface area (Å²) >= 11 is 1.38. The van der Waals surface area contributed by atoms with E-state index in [0.29, 0.717) is 10.5 Å². The third-order valence-corrected chi connectivity index (χ3v) is 3.16. The van der Waals surface area contributed by atoms with E-state index in [1.165, 1.54) is 24.9 Å². The van der Waals surface area contributed by atoms with Crippen molar-refractivity contribution in [1.29, 1.82) is 0 Å². The molecule has 2 rings (SSSR count). The predicted molar refractivity (Wildman–Crippen MR) is 66.1 cm³/mol. The molecular weight excluding hydrogens is 253 g/mol. The van der Waals surface area contributed by atoms with Crippen molar-refractivity contribution < 1.29 is 13.9 Å². The van der Waals surface area contributed by atoms with Gasteiger partial charge in [-0.2, -0.15) is 0 Å². The molecule has 3 nitrogen and oxygen atoms in total. The zero-order chi connectivity index (χ0) is 13.0. The number of hydrogen-bond donors (Lipinski definition) is 0. The Bertz CT molecular complexity index is 557. The quantitative estimate of drug-likeness (QED) is 0.797. The van der Waals surface area contributed by atoms with Crippen molar-refractivity contribution in [3.8, 4) is 0 Å². The van der Waals surface area contributed by atoms with Crippen LogP contribution in [0.4, 0.5) is 4.39 Å². The largest absolute Gasteiger partial charge is 0.465 e. The van der Waals surface area contributed by atoms with Gasteiger partial charge in [0.1, 0.15) is 5.82 Å². The molecular formula is C13H10FNO2S. The maximum Gasteiger partial charge on any atom is 0.337 e. The van der Waals surface area contributed by atoms with Crippen molar-refractivity contribution in [1.82, 2.24) is 4.98 Å². The van der Waals surface area contributed by atoms with Crippen molar-refractivity contribution in [3.05, 3.63) is 54.1 Å². The van der Waals surface area contributed by atoms with Crippen LogP contribution in [-0.4, -0.2) is 18.1 Å². The topological polar surface area (TPSA) is 39.2 Å². The molecule has 0 aliphatic rings. The van der Waals surface area contributed by atoms with E-state index in [2.05, 4.69) is 9.72 Å². The van der Waals surface area contributed by atoms with E-state index in [1.807, 2.05) is 0 Å². The fourth-order valence-corrected chi connectivity index (χ4v) is 2.19. The molecule has 0 aliphatic carbocycles. The number of esters is 1. The van der Waals surface area contributed by atoms with Crippen LogP contribution in [0.25, 0.3) is 0 Å². The van der Waals surface area contributed by atoms with Gasteiger partial charge in [-0.1, -0.05) is 11.8 Å². The van der Waals surface area contributed by atoms with Crippen molar-refractivity contribution in [2.24, 2.45) is 0 Å². The average Bonchev–Trinajstić information content (AvgIpc) is 2.39. The summed E-state index contributed by atoms with van der Waals surface area (Å²) in [7, 11) is 1.34. The summed E-state index contributed by atoms with van der Waals surface area (Å²) in [5.74, 6) is -0.745. The van der Waals surface area contributed by atoms with E-state index in [4.69, 9.17) is 0 Å². The van der Waals surface area contributed by atoms with Gasteiger partial charge in [-0.3, -0.25) is 4.98 Å². The summed E-state index contributed by atoms with van der Waals surface area (Å²) < 4.78 is 17.6. The van der Waals surface area contributed by atoms with Gasteiger partial charge in [-0.05, 0) is 30.3 Å². The van der Waals surface area contributed by atoms with Crippen LogP contribution in [0.3, 0.4) is 0 Å². The predicted octanol–water partition coefficient (Wildman–Crippen LogP) is 3.16. The molecule has 0 spiro atoms. The number of benzene rings is 1. The normalized spacial score (nSPS) is 10.1. The van der Waals surface area contributed by atoms with Gasteiger partial charge in [-0.25, -0.2) is 9.18 Å². The van der Waals surface area contributed by atoms with Crippen LogP contribution in [0.5, 0.6) is 0 Å². The minimum atomic E-state index is -0.376. The molecule has 0 fully saturated rings. The van der Waals surface area contributed by atoms with Gasteiger partial charge in [0, 0.05) is 16.0 Å². The van der Waals surface area contributed by atoms with Crippen LogP contribution in [0.15, 0.2) is 52.5 Å². The smallest absolute Gasteiger partial charge is 0.337 e. The highest BCUT2D eigenvalue weighted by Crippen LogP contribution is 2.27. The summed E-state index contributed by atoms with van der Waals surface area (Å²) in [5.41, 5.74) is 0.485. The molecule has 0 saturated heterocycles. The second kappa shape index (κ2) is 5.64. The number of hydrogen-bond acceptors (Lipinski definition) is 4. The van der Waals surface area contributed by atoms with E-state index in [9.17, 15) is 9.18 Å². The monoisotopic (exact) mass is 263 g/mol. The molecule has 1 heterocycles. The van der Waals surface area contributed by atoms with Crippen molar-refractivity contribution in [2.45, 2.75) is 9.79 Å². The lowest BCUT2D eigenvalue weighted by Crippen LogP contribution is -2.00. The molecule has 18 heavy (non-hydrogen) atoms. The van der Waals surface area contributed by atoms with E-state index in [1.54, 1.807) is 30.5 Å². The maximum atomic E-state index is 12.9.